The van der Waals surface area contributed by atoms with Crippen molar-refractivity contribution in [3.63, 3.8) is 0 Å². The highest BCUT2D eigenvalue weighted by Crippen LogP contribution is 2.28. The third kappa shape index (κ3) is 6.02. The number of aliphatic hydroxyl groups excluding tert-OH is 1. The van der Waals surface area contributed by atoms with Crippen LogP contribution in [0.1, 0.15) is 25.7 Å². The second-order valence-corrected chi connectivity index (χ2v) is 5.76. The first kappa shape index (κ1) is 17.5. The summed E-state index contributed by atoms with van der Waals surface area (Å²) in [7, 11) is 0. The maximum absolute atomic E-state index is 13.0. The third-order valence-electron chi connectivity index (χ3n) is 3.89. The number of rotatable bonds is 8. The van der Waals surface area contributed by atoms with E-state index in [1.807, 2.05) is 0 Å². The number of halogens is 2. The number of benzene rings is 1. The predicted octanol–water partition coefficient (Wildman–Crippen LogP) is 2.19. The van der Waals surface area contributed by atoms with Crippen molar-refractivity contribution in [1.29, 1.82) is 0 Å². The number of carbonyl (C=O) groups excluding carboxylic acids is 1. The highest BCUT2D eigenvalue weighted by atomic mass is 19.2. The summed E-state index contributed by atoms with van der Waals surface area (Å²) >= 11 is 0. The van der Waals surface area contributed by atoms with E-state index in [0.29, 0.717) is 6.54 Å². The Morgan fingerprint density at radius 2 is 2.09 bits per heavy atom. The van der Waals surface area contributed by atoms with Gasteiger partial charge in [0.25, 0.3) is 0 Å². The normalized spacial score (nSPS) is 15.6. The molecule has 1 saturated carbocycles. The standard InChI is InChI=1S/C16H22F2N2O3/c17-14-5-4-13(8-15(14)18)23-10-12(21)9-20-16(22)19-7-6-11-2-1-3-11/h4-5,8,11-12,21H,1-3,6-7,9-10H2,(H2,19,20,22). The second kappa shape index (κ2) is 8.67. The average Bonchev–Trinajstić information content (AvgIpc) is 2.49. The van der Waals surface area contributed by atoms with Gasteiger partial charge in [-0.2, -0.15) is 0 Å². The maximum atomic E-state index is 13.0. The number of hydrogen-bond donors (Lipinski definition) is 3. The summed E-state index contributed by atoms with van der Waals surface area (Å²) in [5.41, 5.74) is 0. The zero-order chi connectivity index (χ0) is 16.7. The fourth-order valence-electron chi connectivity index (χ4n) is 2.26. The van der Waals surface area contributed by atoms with E-state index in [0.717, 1.165) is 24.5 Å². The topological polar surface area (TPSA) is 70.6 Å². The lowest BCUT2D eigenvalue weighted by Crippen LogP contribution is -2.42. The van der Waals surface area contributed by atoms with Crippen molar-refractivity contribution in [2.45, 2.75) is 31.8 Å². The first-order valence-corrected chi connectivity index (χ1v) is 7.82. The van der Waals surface area contributed by atoms with E-state index < -0.39 is 17.7 Å². The summed E-state index contributed by atoms with van der Waals surface area (Å²) in [5, 5.41) is 15.0. The summed E-state index contributed by atoms with van der Waals surface area (Å²) in [5.74, 6) is -1.13. The van der Waals surface area contributed by atoms with Gasteiger partial charge >= 0.3 is 6.03 Å². The van der Waals surface area contributed by atoms with Gasteiger partial charge in [-0.25, -0.2) is 13.6 Å². The van der Waals surface area contributed by atoms with Gasteiger partial charge in [-0.3, -0.25) is 0 Å². The van der Waals surface area contributed by atoms with Gasteiger partial charge in [0, 0.05) is 19.2 Å². The smallest absolute Gasteiger partial charge is 0.314 e. The molecule has 0 bridgehead atoms. The van der Waals surface area contributed by atoms with Crippen molar-refractivity contribution >= 4 is 6.03 Å². The van der Waals surface area contributed by atoms with Crippen LogP contribution in [0.25, 0.3) is 0 Å². The van der Waals surface area contributed by atoms with Crippen LogP contribution in [0.4, 0.5) is 13.6 Å². The van der Waals surface area contributed by atoms with E-state index in [1.165, 1.54) is 25.3 Å². The van der Waals surface area contributed by atoms with Crippen LogP contribution in [0.5, 0.6) is 5.75 Å². The number of urea groups is 1. The van der Waals surface area contributed by atoms with Crippen LogP contribution >= 0.6 is 0 Å². The van der Waals surface area contributed by atoms with E-state index >= 15 is 0 Å². The molecular formula is C16H22F2N2O3. The van der Waals surface area contributed by atoms with Crippen LogP contribution in [0.3, 0.4) is 0 Å². The van der Waals surface area contributed by atoms with Crippen LogP contribution < -0.4 is 15.4 Å². The van der Waals surface area contributed by atoms with Crippen molar-refractivity contribution in [2.75, 3.05) is 19.7 Å². The third-order valence-corrected chi connectivity index (χ3v) is 3.89. The molecule has 0 aromatic heterocycles. The zero-order valence-corrected chi connectivity index (χ0v) is 12.9. The summed E-state index contributed by atoms with van der Waals surface area (Å²) in [6.45, 7) is 0.504. The van der Waals surface area contributed by atoms with Crippen molar-refractivity contribution in [3.8, 4) is 5.75 Å². The largest absolute Gasteiger partial charge is 0.491 e. The predicted molar refractivity (Wildman–Crippen MR) is 81.2 cm³/mol. The molecule has 1 aromatic carbocycles. The number of carbonyl (C=O) groups is 1. The Kier molecular flexibility index (Phi) is 6.58. The van der Waals surface area contributed by atoms with E-state index in [-0.39, 0.29) is 24.9 Å². The number of ether oxygens (including phenoxy) is 1. The van der Waals surface area contributed by atoms with E-state index in [1.54, 1.807) is 0 Å². The quantitative estimate of drug-likeness (QED) is 0.685. The Morgan fingerprint density at radius 1 is 1.30 bits per heavy atom. The molecule has 1 atom stereocenters. The molecule has 1 aromatic rings. The first-order chi connectivity index (χ1) is 11.0. The van der Waals surface area contributed by atoms with Crippen molar-refractivity contribution in [1.82, 2.24) is 10.6 Å². The molecular weight excluding hydrogens is 306 g/mol. The van der Waals surface area contributed by atoms with Gasteiger partial charge in [0.15, 0.2) is 11.6 Å². The number of amides is 2. The van der Waals surface area contributed by atoms with E-state index in [9.17, 15) is 18.7 Å². The SMILES string of the molecule is O=C(NCCC1CCC1)NCC(O)COc1ccc(F)c(F)c1. The molecule has 7 heteroatoms. The Hall–Kier alpha value is -1.89. The molecule has 1 fully saturated rings. The van der Waals surface area contributed by atoms with Crippen LogP contribution in [-0.2, 0) is 0 Å². The molecule has 0 heterocycles. The summed E-state index contributed by atoms with van der Waals surface area (Å²) < 4.78 is 30.9. The number of nitrogens with one attached hydrogen (secondary N) is 2. The fourth-order valence-corrected chi connectivity index (χ4v) is 2.26. The fraction of sp³-hybridized carbons (Fsp3) is 0.562. The average molecular weight is 328 g/mol. The molecule has 1 unspecified atom stereocenters. The molecule has 23 heavy (non-hydrogen) atoms. The van der Waals surface area contributed by atoms with Crippen LogP contribution in [0.15, 0.2) is 18.2 Å². The summed E-state index contributed by atoms with van der Waals surface area (Å²) in [6.07, 6.45) is 3.79. The molecule has 2 amide bonds. The molecule has 5 nitrogen and oxygen atoms in total. The lowest BCUT2D eigenvalue weighted by Gasteiger charge is -2.25. The number of aliphatic hydroxyl groups is 1. The van der Waals surface area contributed by atoms with Gasteiger partial charge in [0.05, 0.1) is 0 Å². The van der Waals surface area contributed by atoms with Gasteiger partial charge in [0.2, 0.25) is 0 Å². The van der Waals surface area contributed by atoms with Gasteiger partial charge in [-0.05, 0) is 24.5 Å². The molecule has 0 radical (unpaired) electrons. The lowest BCUT2D eigenvalue weighted by molar-refractivity contribution is 0.107. The van der Waals surface area contributed by atoms with Gasteiger partial charge in [-0.1, -0.05) is 19.3 Å². The minimum atomic E-state index is -1.01. The molecule has 1 aliphatic rings. The van der Waals surface area contributed by atoms with Crippen LogP contribution in [0, 0.1) is 17.6 Å². The molecule has 128 valence electrons. The van der Waals surface area contributed by atoms with Gasteiger partial charge < -0.3 is 20.5 Å². The molecule has 0 spiro atoms. The molecule has 3 N–H and O–H groups in total. The Morgan fingerprint density at radius 3 is 2.74 bits per heavy atom. The van der Waals surface area contributed by atoms with E-state index in [2.05, 4.69) is 10.6 Å². The highest BCUT2D eigenvalue weighted by molar-refractivity contribution is 5.73. The lowest BCUT2D eigenvalue weighted by atomic mass is 9.83. The maximum Gasteiger partial charge on any atom is 0.314 e. The van der Waals surface area contributed by atoms with Crippen molar-refractivity contribution < 1.29 is 23.4 Å². The second-order valence-electron chi connectivity index (χ2n) is 5.76. The molecule has 2 rings (SSSR count). The minimum Gasteiger partial charge on any atom is -0.491 e. The van der Waals surface area contributed by atoms with Gasteiger partial charge in [0.1, 0.15) is 18.5 Å². The zero-order valence-electron chi connectivity index (χ0n) is 12.9. The van der Waals surface area contributed by atoms with Crippen molar-refractivity contribution in [2.24, 2.45) is 5.92 Å². The minimum absolute atomic E-state index is 0.0128. The summed E-state index contributed by atoms with van der Waals surface area (Å²) in [6, 6.07) is 2.79. The Bertz CT molecular complexity index is 524. The Balaban J connectivity index is 1.57. The number of hydrogen-bond acceptors (Lipinski definition) is 3. The Labute approximate surface area is 134 Å². The molecule has 0 saturated heterocycles. The molecule has 0 aliphatic heterocycles. The first-order valence-electron chi connectivity index (χ1n) is 7.82. The summed E-state index contributed by atoms with van der Waals surface area (Å²) in [4.78, 5) is 11.5. The van der Waals surface area contributed by atoms with Gasteiger partial charge in [-0.15, -0.1) is 0 Å². The van der Waals surface area contributed by atoms with Crippen LogP contribution in [0.2, 0.25) is 0 Å². The van der Waals surface area contributed by atoms with E-state index in [4.69, 9.17) is 4.74 Å². The monoisotopic (exact) mass is 328 g/mol. The highest BCUT2D eigenvalue weighted by Gasteiger charge is 2.17. The van der Waals surface area contributed by atoms with Crippen molar-refractivity contribution in [3.05, 3.63) is 29.8 Å². The molecule has 1 aliphatic carbocycles. The van der Waals surface area contributed by atoms with Crippen LogP contribution in [-0.4, -0.2) is 36.9 Å².